The Morgan fingerprint density at radius 2 is 0.773 bits per heavy atom. The van der Waals surface area contributed by atoms with E-state index in [9.17, 15) is 19.2 Å². The second-order valence-electron chi connectivity index (χ2n) is 4.00. The molecule has 0 amide bonds. The van der Waals surface area contributed by atoms with Crippen LogP contribution < -0.4 is 0 Å². The van der Waals surface area contributed by atoms with Crippen molar-refractivity contribution in [2.75, 3.05) is 39.3 Å². The fourth-order valence-electron chi connectivity index (χ4n) is 1.48. The first kappa shape index (κ1) is 27.2. The molecule has 0 bridgehead atoms. The Bertz CT molecular complexity index is 341. The van der Waals surface area contributed by atoms with E-state index in [0.29, 0.717) is 0 Å². The van der Waals surface area contributed by atoms with E-state index in [0.717, 1.165) is 9.80 Å². The Balaban J connectivity index is -0.000000120. The van der Waals surface area contributed by atoms with Crippen LogP contribution in [0.5, 0.6) is 0 Å². The maximum absolute atomic E-state index is 10.6. The van der Waals surface area contributed by atoms with Crippen molar-refractivity contribution in [3.63, 3.8) is 0 Å². The minimum Gasteiger partial charge on any atom is -1.00 e. The molecule has 0 heterocycles. The van der Waals surface area contributed by atoms with Crippen LogP contribution in [-0.4, -0.2) is 169 Å². The third kappa shape index (κ3) is 16.7. The van der Waals surface area contributed by atoms with E-state index in [4.69, 9.17) is 20.4 Å². The number of aliphatic carboxylic acids is 4. The van der Waals surface area contributed by atoms with Crippen LogP contribution in [0.1, 0.15) is 5.71 Å². The number of carbonyl (C=O) groups is 4. The summed E-state index contributed by atoms with van der Waals surface area (Å²) in [7, 11) is 0. The summed E-state index contributed by atoms with van der Waals surface area (Å²) in [6.45, 7) is -2.25. The van der Waals surface area contributed by atoms with Gasteiger partial charge >= 0.3 is 99.4 Å². The van der Waals surface area contributed by atoms with Gasteiger partial charge in [0.1, 0.15) is 0 Å². The molecule has 0 radical (unpaired) electrons. The molecule has 0 unspecified atom stereocenters. The van der Waals surface area contributed by atoms with Gasteiger partial charge in [0.25, 0.3) is 0 Å². The van der Waals surface area contributed by atoms with Gasteiger partial charge in [0.2, 0.25) is 0 Å². The second kappa shape index (κ2) is 14.9. The Kier molecular flexibility index (Phi) is 18.4. The van der Waals surface area contributed by atoms with Gasteiger partial charge in [-0.05, 0) is 0 Å². The van der Waals surface area contributed by atoms with Crippen molar-refractivity contribution in [2.24, 2.45) is 0 Å². The maximum atomic E-state index is 10.6. The Morgan fingerprint density at radius 1 is 0.591 bits per heavy atom. The third-order valence-corrected chi connectivity index (χ3v) is 2.17. The van der Waals surface area contributed by atoms with Gasteiger partial charge in [0.15, 0.2) is 0 Å². The van der Waals surface area contributed by atoms with Crippen molar-refractivity contribution < 1.29 is 45.3 Å². The number of carboxylic acid groups (broad SMARTS) is 4. The topological polar surface area (TPSA) is 156 Å². The van der Waals surface area contributed by atoms with Crippen LogP contribution in [0.4, 0.5) is 0 Å². The average molecular weight is 376 g/mol. The van der Waals surface area contributed by atoms with Crippen molar-refractivity contribution in [3.8, 4) is 0 Å². The van der Waals surface area contributed by atoms with Crippen LogP contribution in [0.3, 0.4) is 0 Å². The quantitative estimate of drug-likeness (QED) is 0.287. The Hall–Kier alpha value is 0.319. The van der Waals surface area contributed by atoms with Gasteiger partial charge in [-0.3, -0.25) is 29.0 Å². The molecule has 0 rings (SSSR count). The minimum atomic E-state index is -1.23. The largest absolute Gasteiger partial charge is 2.00 e. The van der Waals surface area contributed by atoms with Gasteiger partial charge in [-0.25, -0.2) is 0 Å². The smallest absolute Gasteiger partial charge is 1.00 e. The standard InChI is InChI=1S/C10H16N2O8.2Ca.4H/c13-7(14)3-11(4-8(15)16)1-2-12(5-9(17)18)6-10(19)20;;;;;;/h1-6H2,(H,13,14)(H,15,16)(H,17,18)(H,19,20);;;;;;/q;2*+2;4*-1. The molecular weight excluding hydrogens is 356 g/mol. The first-order valence-corrected chi connectivity index (χ1v) is 5.52. The molecule has 0 saturated carbocycles. The monoisotopic (exact) mass is 376 g/mol. The molecular formula is C10H20Ca2N2O8. The van der Waals surface area contributed by atoms with Gasteiger partial charge in [-0.1, -0.05) is 0 Å². The van der Waals surface area contributed by atoms with Crippen LogP contribution in [0.25, 0.3) is 0 Å². The molecule has 10 nitrogen and oxygen atoms in total. The molecule has 0 aliphatic heterocycles. The van der Waals surface area contributed by atoms with Gasteiger partial charge in [-0.2, -0.15) is 0 Å². The van der Waals surface area contributed by atoms with Crippen LogP contribution in [0, 0.1) is 0 Å². The van der Waals surface area contributed by atoms with E-state index < -0.39 is 50.1 Å². The van der Waals surface area contributed by atoms with Crippen molar-refractivity contribution in [3.05, 3.63) is 0 Å². The normalized spacial score (nSPS) is 9.73. The summed E-state index contributed by atoms with van der Waals surface area (Å²) in [6.07, 6.45) is 0. The molecule has 0 atom stereocenters. The summed E-state index contributed by atoms with van der Waals surface area (Å²) in [5, 5.41) is 34.5. The number of hydrogen-bond acceptors (Lipinski definition) is 6. The molecule has 122 valence electrons. The van der Waals surface area contributed by atoms with Gasteiger partial charge < -0.3 is 26.1 Å². The number of hydrogen-bond donors (Lipinski definition) is 4. The summed E-state index contributed by atoms with van der Waals surface area (Å²) in [6, 6.07) is 0. The van der Waals surface area contributed by atoms with E-state index in [1.807, 2.05) is 0 Å². The van der Waals surface area contributed by atoms with Crippen LogP contribution in [0.15, 0.2) is 0 Å². The minimum absolute atomic E-state index is 0. The molecule has 12 heteroatoms. The maximum Gasteiger partial charge on any atom is 2.00 e. The van der Waals surface area contributed by atoms with Crippen molar-refractivity contribution in [2.45, 2.75) is 0 Å². The van der Waals surface area contributed by atoms with Crippen LogP contribution >= 0.6 is 0 Å². The van der Waals surface area contributed by atoms with E-state index >= 15 is 0 Å². The molecule has 0 aromatic carbocycles. The zero-order valence-electron chi connectivity index (χ0n) is 16.0. The summed E-state index contributed by atoms with van der Waals surface area (Å²) >= 11 is 0. The van der Waals surface area contributed by atoms with E-state index in [-0.39, 0.29) is 94.3 Å². The van der Waals surface area contributed by atoms with Crippen LogP contribution in [0.2, 0.25) is 0 Å². The molecule has 0 aromatic heterocycles. The van der Waals surface area contributed by atoms with Crippen molar-refractivity contribution >= 4 is 99.4 Å². The molecule has 4 N–H and O–H groups in total. The molecule has 0 spiro atoms. The van der Waals surface area contributed by atoms with E-state index in [2.05, 4.69) is 0 Å². The van der Waals surface area contributed by atoms with Gasteiger partial charge in [0, 0.05) is 13.1 Å². The zero-order valence-corrected chi connectivity index (χ0v) is 16.4. The number of nitrogens with zero attached hydrogens (tertiary/aromatic N) is 2. The Labute approximate surface area is 192 Å². The average Bonchev–Trinajstić information content (AvgIpc) is 2.22. The Morgan fingerprint density at radius 3 is 0.909 bits per heavy atom. The summed E-state index contributed by atoms with van der Waals surface area (Å²) in [5.74, 6) is -4.91. The number of carboxylic acids is 4. The van der Waals surface area contributed by atoms with Crippen LogP contribution in [-0.2, 0) is 19.2 Å². The van der Waals surface area contributed by atoms with Crippen molar-refractivity contribution in [1.82, 2.24) is 9.80 Å². The van der Waals surface area contributed by atoms with E-state index in [1.54, 1.807) is 0 Å². The molecule has 0 aliphatic carbocycles. The molecule has 22 heavy (non-hydrogen) atoms. The zero-order chi connectivity index (χ0) is 15.7. The fourth-order valence-corrected chi connectivity index (χ4v) is 1.48. The third-order valence-electron chi connectivity index (χ3n) is 2.17. The SMILES string of the molecule is O=C(O)CN(CCN(CC(=O)O)CC(=O)O)CC(=O)O.[Ca+2].[Ca+2].[H-].[H-].[H-].[H-]. The number of rotatable bonds is 11. The molecule has 0 saturated heterocycles. The summed E-state index contributed by atoms with van der Waals surface area (Å²) in [4.78, 5) is 44.4. The predicted octanol–water partition coefficient (Wildman–Crippen LogP) is -2.38. The first-order chi connectivity index (χ1) is 9.20. The molecule has 0 fully saturated rings. The van der Waals surface area contributed by atoms with E-state index in [1.165, 1.54) is 0 Å². The fraction of sp³-hybridized carbons (Fsp3) is 0.600. The summed E-state index contributed by atoms with van der Waals surface area (Å²) in [5.41, 5.74) is 0. The molecule has 0 aromatic rings. The molecule has 0 aliphatic rings. The van der Waals surface area contributed by atoms with Gasteiger partial charge in [-0.15, -0.1) is 0 Å². The second-order valence-corrected chi connectivity index (χ2v) is 4.00. The summed E-state index contributed by atoms with van der Waals surface area (Å²) < 4.78 is 0. The predicted molar refractivity (Wildman–Crippen MR) is 79.4 cm³/mol. The van der Waals surface area contributed by atoms with Crippen molar-refractivity contribution in [1.29, 1.82) is 0 Å². The first-order valence-electron chi connectivity index (χ1n) is 5.52. The van der Waals surface area contributed by atoms with Gasteiger partial charge in [0.05, 0.1) is 26.2 Å².